The summed E-state index contributed by atoms with van der Waals surface area (Å²) in [4.78, 5) is 13.5. The summed E-state index contributed by atoms with van der Waals surface area (Å²) in [6, 6.07) is 8.33. The molecule has 0 amide bonds. The number of rotatable bonds is 2. The fourth-order valence-corrected chi connectivity index (χ4v) is 6.32. The van der Waals surface area contributed by atoms with Gasteiger partial charge < -0.3 is 19.7 Å². The maximum Gasteiger partial charge on any atom is 0.319 e. The molecule has 3 heterocycles. The zero-order chi connectivity index (χ0) is 18.8. The van der Waals surface area contributed by atoms with E-state index in [0.717, 1.165) is 48.8 Å². The smallest absolute Gasteiger partial charge is 0.319 e. The third-order valence-corrected chi connectivity index (χ3v) is 7.43. The van der Waals surface area contributed by atoms with Crippen molar-refractivity contribution in [1.29, 1.82) is 0 Å². The molecule has 2 aliphatic heterocycles. The van der Waals surface area contributed by atoms with Crippen LogP contribution in [0.1, 0.15) is 50.1 Å². The largest absolute Gasteiger partial charge is 0.468 e. The predicted molar refractivity (Wildman–Crippen MR) is 104 cm³/mol. The van der Waals surface area contributed by atoms with Gasteiger partial charge in [0.1, 0.15) is 11.6 Å². The molecule has 5 rings (SSSR count). The van der Waals surface area contributed by atoms with Crippen LogP contribution in [-0.4, -0.2) is 35.3 Å². The van der Waals surface area contributed by atoms with Crippen molar-refractivity contribution in [2.75, 3.05) is 13.7 Å². The number of aliphatic hydroxyl groups excluding tert-OH is 1. The zero-order valence-corrected chi connectivity index (χ0v) is 16.1. The summed E-state index contributed by atoms with van der Waals surface area (Å²) in [7, 11) is 1.50. The molecule has 1 aromatic heterocycles. The van der Waals surface area contributed by atoms with E-state index in [1.54, 1.807) is 0 Å². The second kappa shape index (κ2) is 6.08. The number of nitrogens with one attached hydrogen (secondary N) is 1. The molecule has 0 saturated heterocycles. The highest BCUT2D eigenvalue weighted by atomic mass is 16.5. The highest BCUT2D eigenvalue weighted by molar-refractivity contribution is 5.92. The normalized spacial score (nSPS) is 34.8. The average Bonchev–Trinajstić information content (AvgIpc) is 2.83. The number of hydrogen-bond acceptors (Lipinski definition) is 4. The topological polar surface area (TPSA) is 63.5 Å². The quantitative estimate of drug-likeness (QED) is 0.800. The Labute approximate surface area is 159 Å². The van der Waals surface area contributed by atoms with Gasteiger partial charge in [-0.2, -0.15) is 0 Å². The highest BCUT2D eigenvalue weighted by Gasteiger charge is 2.60. The van der Waals surface area contributed by atoms with Crippen molar-refractivity contribution in [3.63, 3.8) is 0 Å². The van der Waals surface area contributed by atoms with Gasteiger partial charge >= 0.3 is 5.97 Å². The van der Waals surface area contributed by atoms with E-state index >= 15 is 0 Å². The molecule has 5 nitrogen and oxygen atoms in total. The van der Waals surface area contributed by atoms with Crippen LogP contribution in [0, 0.1) is 11.8 Å². The molecule has 1 aliphatic carbocycles. The number of carbonyl (C=O) groups excluding carboxylic acids is 1. The number of carbonyl (C=O) groups is 1. The minimum absolute atomic E-state index is 0.0526. The molecule has 3 aliphatic rings. The predicted octanol–water partition coefficient (Wildman–Crippen LogP) is 2.90. The number of ether oxygens (including phenoxy) is 1. The van der Waals surface area contributed by atoms with E-state index in [9.17, 15) is 9.90 Å². The molecule has 5 atom stereocenters. The van der Waals surface area contributed by atoms with Gasteiger partial charge in [-0.25, -0.2) is 0 Å². The molecule has 144 valence electrons. The number of aliphatic hydroxyl groups is 1. The molecule has 0 spiro atoms. The SMILES string of the molecule is CC[C@H]1CC[C@@H]2C[C@@]3(C(=O)OC)c4c(c5ccccc5n4[C@H]2O)CCN[C@@H]13. The van der Waals surface area contributed by atoms with Crippen LogP contribution in [0.3, 0.4) is 0 Å². The Bertz CT molecular complexity index is 904. The molecule has 0 unspecified atom stereocenters. The minimum atomic E-state index is -0.722. The molecule has 2 aromatic rings. The van der Waals surface area contributed by atoms with Crippen LogP contribution < -0.4 is 5.32 Å². The van der Waals surface area contributed by atoms with Crippen LogP contribution in [0.15, 0.2) is 24.3 Å². The number of fused-ring (bicyclic) bond motifs is 4. The van der Waals surface area contributed by atoms with E-state index in [1.165, 1.54) is 12.7 Å². The molecule has 1 fully saturated rings. The first-order valence-electron chi connectivity index (χ1n) is 10.3. The van der Waals surface area contributed by atoms with Crippen LogP contribution in [0.25, 0.3) is 10.9 Å². The molecule has 1 saturated carbocycles. The fourth-order valence-electron chi connectivity index (χ4n) is 6.32. The first-order valence-corrected chi connectivity index (χ1v) is 10.3. The summed E-state index contributed by atoms with van der Waals surface area (Å²) in [5, 5.41) is 16.2. The van der Waals surface area contributed by atoms with Crippen LogP contribution in [0.5, 0.6) is 0 Å². The molecule has 2 bridgehead atoms. The van der Waals surface area contributed by atoms with Crippen LogP contribution >= 0.6 is 0 Å². The number of nitrogens with zero attached hydrogens (tertiary/aromatic N) is 1. The van der Waals surface area contributed by atoms with E-state index in [2.05, 4.69) is 28.9 Å². The monoisotopic (exact) mass is 368 g/mol. The highest BCUT2D eigenvalue weighted by Crippen LogP contribution is 2.55. The van der Waals surface area contributed by atoms with Gasteiger partial charge in [0.25, 0.3) is 0 Å². The van der Waals surface area contributed by atoms with Crippen LogP contribution in [-0.2, 0) is 21.4 Å². The summed E-state index contributed by atoms with van der Waals surface area (Å²) in [6.45, 7) is 3.06. The summed E-state index contributed by atoms with van der Waals surface area (Å²) in [5.41, 5.74) is 2.54. The van der Waals surface area contributed by atoms with E-state index in [-0.39, 0.29) is 17.9 Å². The first-order chi connectivity index (χ1) is 13.1. The lowest BCUT2D eigenvalue weighted by atomic mass is 9.66. The van der Waals surface area contributed by atoms with Gasteiger partial charge in [0.2, 0.25) is 0 Å². The molecule has 5 heteroatoms. The standard InChI is InChI=1S/C22H28N2O3/c1-3-13-8-9-14-12-22(21(26)27-2)18(13)23-11-10-16-15-6-4-5-7-17(15)24(19(16)22)20(14)25/h4-7,13-14,18,20,23,25H,3,8-12H2,1-2H3/t13-,14+,18-,20-,22-/m0/s1. The van der Waals surface area contributed by atoms with Crippen molar-refractivity contribution in [3.8, 4) is 0 Å². The van der Waals surface area contributed by atoms with Gasteiger partial charge in [-0.1, -0.05) is 31.5 Å². The van der Waals surface area contributed by atoms with E-state index in [0.29, 0.717) is 12.3 Å². The summed E-state index contributed by atoms with van der Waals surface area (Å²) < 4.78 is 7.52. The lowest BCUT2D eigenvalue weighted by Gasteiger charge is -2.46. The summed E-state index contributed by atoms with van der Waals surface area (Å²) >= 11 is 0. The van der Waals surface area contributed by atoms with Crippen molar-refractivity contribution in [2.45, 2.75) is 56.7 Å². The van der Waals surface area contributed by atoms with E-state index in [4.69, 9.17) is 4.74 Å². The summed E-state index contributed by atoms with van der Waals surface area (Å²) in [6.07, 6.45) is 3.95. The third kappa shape index (κ3) is 2.10. The minimum Gasteiger partial charge on any atom is -0.468 e. The van der Waals surface area contributed by atoms with Gasteiger partial charge in [0.05, 0.1) is 12.6 Å². The van der Waals surface area contributed by atoms with Crippen molar-refractivity contribution in [1.82, 2.24) is 9.88 Å². The Kier molecular flexibility index (Phi) is 3.89. The van der Waals surface area contributed by atoms with E-state index < -0.39 is 11.6 Å². The van der Waals surface area contributed by atoms with E-state index in [1.807, 2.05) is 12.1 Å². The molecule has 27 heavy (non-hydrogen) atoms. The lowest BCUT2D eigenvalue weighted by molar-refractivity contribution is -0.153. The first kappa shape index (κ1) is 17.3. The molecular weight excluding hydrogens is 340 g/mol. The molecular formula is C22H28N2O3. The van der Waals surface area contributed by atoms with Crippen molar-refractivity contribution in [3.05, 3.63) is 35.5 Å². The fraction of sp³-hybridized carbons (Fsp3) is 0.591. The Balaban J connectivity index is 1.91. The van der Waals surface area contributed by atoms with Gasteiger partial charge in [0, 0.05) is 23.0 Å². The Morgan fingerprint density at radius 3 is 2.96 bits per heavy atom. The van der Waals surface area contributed by atoms with Gasteiger partial charge in [-0.15, -0.1) is 0 Å². The number of para-hydroxylation sites is 1. The molecule has 0 radical (unpaired) electrons. The Hall–Kier alpha value is -1.85. The van der Waals surface area contributed by atoms with Gasteiger partial charge in [-0.3, -0.25) is 4.79 Å². The number of esters is 1. The maximum absolute atomic E-state index is 13.5. The van der Waals surface area contributed by atoms with Crippen molar-refractivity contribution in [2.24, 2.45) is 11.8 Å². The van der Waals surface area contributed by atoms with Gasteiger partial charge in [-0.05, 0) is 49.8 Å². The van der Waals surface area contributed by atoms with Crippen LogP contribution in [0.2, 0.25) is 0 Å². The van der Waals surface area contributed by atoms with Crippen LogP contribution in [0.4, 0.5) is 0 Å². The Morgan fingerprint density at radius 2 is 2.19 bits per heavy atom. The number of methoxy groups -OCH3 is 1. The second-order valence-electron chi connectivity index (χ2n) is 8.48. The number of benzene rings is 1. The van der Waals surface area contributed by atoms with Gasteiger partial charge in [0.15, 0.2) is 0 Å². The Morgan fingerprint density at radius 1 is 1.37 bits per heavy atom. The number of hydrogen-bond donors (Lipinski definition) is 2. The van der Waals surface area contributed by atoms with Crippen molar-refractivity contribution >= 4 is 16.9 Å². The molecule has 2 N–H and O–H groups in total. The zero-order valence-electron chi connectivity index (χ0n) is 16.1. The third-order valence-electron chi connectivity index (χ3n) is 7.43. The number of aromatic nitrogens is 1. The second-order valence-corrected chi connectivity index (χ2v) is 8.48. The lowest BCUT2D eigenvalue weighted by Crippen LogP contribution is -2.59. The summed E-state index contributed by atoms with van der Waals surface area (Å²) in [5.74, 6) is 0.320. The molecule has 1 aromatic carbocycles. The van der Waals surface area contributed by atoms with Crippen molar-refractivity contribution < 1.29 is 14.6 Å². The average molecular weight is 368 g/mol. The maximum atomic E-state index is 13.5.